The van der Waals surface area contributed by atoms with Crippen molar-refractivity contribution in [1.29, 1.82) is 0 Å². The maximum Gasteiger partial charge on any atom is 0.339 e. The van der Waals surface area contributed by atoms with Gasteiger partial charge >= 0.3 is 5.97 Å². The first-order valence-corrected chi connectivity index (χ1v) is 6.39. The molecule has 0 heterocycles. The number of ether oxygens (including phenoxy) is 2. The smallest absolute Gasteiger partial charge is 0.339 e. The second kappa shape index (κ2) is 6.76. The van der Waals surface area contributed by atoms with Gasteiger partial charge in [-0.2, -0.15) is 0 Å². The van der Waals surface area contributed by atoms with Crippen LogP contribution in [0.2, 0.25) is 0 Å². The van der Waals surface area contributed by atoms with E-state index in [2.05, 4.69) is 0 Å². The maximum atomic E-state index is 11.2. The van der Waals surface area contributed by atoms with Crippen LogP contribution in [0.4, 0.5) is 0 Å². The summed E-state index contributed by atoms with van der Waals surface area (Å²) in [6.45, 7) is -0.0311. The van der Waals surface area contributed by atoms with Crippen LogP contribution in [-0.4, -0.2) is 29.9 Å². The lowest BCUT2D eigenvalue weighted by Gasteiger charge is -2.14. The van der Waals surface area contributed by atoms with Crippen LogP contribution >= 0.6 is 0 Å². The number of carboxylic acid groups (broad SMARTS) is 1. The number of carbonyl (C=O) groups is 1. The van der Waals surface area contributed by atoms with E-state index in [9.17, 15) is 9.90 Å². The van der Waals surface area contributed by atoms with Crippen LogP contribution in [0, 0.1) is 0 Å². The standard InChI is InChI=1S/C16H16O5/c1-20-12-7-8-15(13(9-12)16(18)19)21-10-14(17)11-5-3-2-4-6-11/h2-9,14,17H,10H2,1H3,(H,18,19). The monoisotopic (exact) mass is 288 g/mol. The fourth-order valence-corrected chi connectivity index (χ4v) is 1.87. The van der Waals surface area contributed by atoms with Crippen LogP contribution < -0.4 is 9.47 Å². The Labute approximate surface area is 122 Å². The first kappa shape index (κ1) is 14.9. The van der Waals surface area contributed by atoms with E-state index in [1.165, 1.54) is 19.2 Å². The zero-order valence-corrected chi connectivity index (χ0v) is 11.5. The van der Waals surface area contributed by atoms with Crippen molar-refractivity contribution in [2.45, 2.75) is 6.10 Å². The quantitative estimate of drug-likeness (QED) is 0.854. The third kappa shape index (κ3) is 3.73. The number of methoxy groups -OCH3 is 1. The molecule has 0 fully saturated rings. The zero-order valence-electron chi connectivity index (χ0n) is 11.5. The van der Waals surface area contributed by atoms with Crippen LogP contribution in [0.3, 0.4) is 0 Å². The molecule has 2 aromatic carbocycles. The van der Waals surface area contributed by atoms with Gasteiger partial charge in [0, 0.05) is 0 Å². The molecular weight excluding hydrogens is 272 g/mol. The summed E-state index contributed by atoms with van der Waals surface area (Å²) in [5, 5.41) is 19.2. The lowest BCUT2D eigenvalue weighted by atomic mass is 10.1. The third-order valence-corrected chi connectivity index (χ3v) is 3.00. The number of hydrogen-bond donors (Lipinski definition) is 2. The number of aliphatic hydroxyl groups excluding tert-OH is 1. The minimum atomic E-state index is -1.11. The van der Waals surface area contributed by atoms with Gasteiger partial charge in [-0.25, -0.2) is 4.79 Å². The van der Waals surface area contributed by atoms with Gasteiger partial charge < -0.3 is 19.7 Å². The van der Waals surface area contributed by atoms with Gasteiger partial charge in [0.05, 0.1) is 7.11 Å². The molecule has 0 spiro atoms. The van der Waals surface area contributed by atoms with Crippen LogP contribution in [0.25, 0.3) is 0 Å². The molecule has 1 unspecified atom stereocenters. The molecule has 21 heavy (non-hydrogen) atoms. The van der Waals surface area contributed by atoms with Crippen LogP contribution in [0.1, 0.15) is 22.0 Å². The lowest BCUT2D eigenvalue weighted by molar-refractivity contribution is 0.0682. The molecule has 2 rings (SSSR count). The Hall–Kier alpha value is -2.53. The summed E-state index contributed by atoms with van der Waals surface area (Å²) in [6, 6.07) is 13.5. The zero-order chi connectivity index (χ0) is 15.2. The van der Waals surface area contributed by atoms with E-state index in [4.69, 9.17) is 14.6 Å². The first-order valence-electron chi connectivity index (χ1n) is 6.39. The number of aliphatic hydroxyl groups is 1. The predicted octanol–water partition coefficient (Wildman–Crippen LogP) is 2.51. The van der Waals surface area contributed by atoms with Gasteiger partial charge in [-0.15, -0.1) is 0 Å². The number of aromatic carboxylic acids is 1. The molecule has 0 saturated heterocycles. The average Bonchev–Trinajstić information content (AvgIpc) is 2.53. The Kier molecular flexibility index (Phi) is 4.79. The molecule has 110 valence electrons. The molecule has 0 bridgehead atoms. The van der Waals surface area contributed by atoms with Gasteiger partial charge in [0.25, 0.3) is 0 Å². The SMILES string of the molecule is COc1ccc(OCC(O)c2ccccc2)c(C(=O)O)c1. The summed E-state index contributed by atoms with van der Waals surface area (Å²) in [6.07, 6.45) is -0.824. The Morgan fingerprint density at radius 2 is 1.90 bits per heavy atom. The van der Waals surface area contributed by atoms with Crippen LogP contribution in [0.5, 0.6) is 11.5 Å². The minimum Gasteiger partial charge on any atom is -0.497 e. The highest BCUT2D eigenvalue weighted by Crippen LogP contribution is 2.25. The fourth-order valence-electron chi connectivity index (χ4n) is 1.87. The van der Waals surface area contributed by atoms with Crippen molar-refractivity contribution < 1.29 is 24.5 Å². The molecule has 2 aromatic rings. The van der Waals surface area contributed by atoms with Gasteiger partial charge in [0.2, 0.25) is 0 Å². The van der Waals surface area contributed by atoms with Crippen molar-refractivity contribution in [3.63, 3.8) is 0 Å². The van der Waals surface area contributed by atoms with Crippen molar-refractivity contribution in [2.75, 3.05) is 13.7 Å². The van der Waals surface area contributed by atoms with E-state index >= 15 is 0 Å². The summed E-state index contributed by atoms with van der Waals surface area (Å²) in [5.41, 5.74) is 0.706. The van der Waals surface area contributed by atoms with Gasteiger partial charge in [-0.1, -0.05) is 30.3 Å². The van der Waals surface area contributed by atoms with E-state index < -0.39 is 12.1 Å². The number of hydrogen-bond acceptors (Lipinski definition) is 4. The van der Waals surface area contributed by atoms with E-state index in [0.717, 1.165) is 0 Å². The lowest BCUT2D eigenvalue weighted by Crippen LogP contribution is -2.11. The summed E-state index contributed by atoms with van der Waals surface area (Å²) in [4.78, 5) is 11.2. The average molecular weight is 288 g/mol. The maximum absolute atomic E-state index is 11.2. The Balaban J connectivity index is 2.11. The largest absolute Gasteiger partial charge is 0.497 e. The second-order valence-electron chi connectivity index (χ2n) is 4.40. The molecule has 0 aromatic heterocycles. The highest BCUT2D eigenvalue weighted by atomic mass is 16.5. The molecular formula is C16H16O5. The Morgan fingerprint density at radius 1 is 1.19 bits per heavy atom. The molecule has 0 aliphatic heterocycles. The molecule has 0 radical (unpaired) electrons. The Bertz CT molecular complexity index is 609. The highest BCUT2D eigenvalue weighted by Gasteiger charge is 2.15. The number of carboxylic acids is 1. The molecule has 0 saturated carbocycles. The van der Waals surface area contributed by atoms with E-state index in [1.807, 2.05) is 18.2 Å². The van der Waals surface area contributed by atoms with Crippen molar-refractivity contribution in [3.8, 4) is 11.5 Å². The molecule has 2 N–H and O–H groups in total. The van der Waals surface area contributed by atoms with E-state index in [0.29, 0.717) is 11.3 Å². The van der Waals surface area contributed by atoms with Crippen molar-refractivity contribution in [2.24, 2.45) is 0 Å². The summed E-state index contributed by atoms with van der Waals surface area (Å²) < 4.78 is 10.4. The van der Waals surface area contributed by atoms with Gasteiger partial charge in [0.15, 0.2) is 0 Å². The second-order valence-corrected chi connectivity index (χ2v) is 4.40. The van der Waals surface area contributed by atoms with Gasteiger partial charge in [0.1, 0.15) is 29.8 Å². The molecule has 1 atom stereocenters. The molecule has 5 heteroatoms. The molecule has 0 aliphatic rings. The van der Waals surface area contributed by atoms with Gasteiger partial charge in [-0.3, -0.25) is 0 Å². The first-order chi connectivity index (χ1) is 10.1. The van der Waals surface area contributed by atoms with E-state index in [-0.39, 0.29) is 17.9 Å². The highest BCUT2D eigenvalue weighted by molar-refractivity contribution is 5.91. The fraction of sp³-hybridized carbons (Fsp3) is 0.188. The molecule has 5 nitrogen and oxygen atoms in total. The van der Waals surface area contributed by atoms with Crippen molar-refractivity contribution >= 4 is 5.97 Å². The summed E-state index contributed by atoms with van der Waals surface area (Å²) in [7, 11) is 1.46. The molecule has 0 amide bonds. The van der Waals surface area contributed by atoms with Gasteiger partial charge in [-0.05, 0) is 23.8 Å². The normalized spacial score (nSPS) is 11.7. The Morgan fingerprint density at radius 3 is 2.52 bits per heavy atom. The summed E-state index contributed by atoms with van der Waals surface area (Å²) in [5.74, 6) is -0.486. The van der Waals surface area contributed by atoms with E-state index in [1.54, 1.807) is 18.2 Å². The summed E-state index contributed by atoms with van der Waals surface area (Å²) >= 11 is 0. The molecule has 0 aliphatic carbocycles. The number of rotatable bonds is 6. The number of benzene rings is 2. The van der Waals surface area contributed by atoms with Crippen molar-refractivity contribution in [1.82, 2.24) is 0 Å². The van der Waals surface area contributed by atoms with Crippen LogP contribution in [0.15, 0.2) is 48.5 Å². The van der Waals surface area contributed by atoms with Crippen LogP contribution in [-0.2, 0) is 0 Å². The minimum absolute atomic E-state index is 0.00499. The third-order valence-electron chi connectivity index (χ3n) is 3.00. The predicted molar refractivity (Wildman–Crippen MR) is 76.9 cm³/mol. The topological polar surface area (TPSA) is 76.0 Å². The van der Waals surface area contributed by atoms with Crippen molar-refractivity contribution in [3.05, 3.63) is 59.7 Å².